The first kappa shape index (κ1) is 13.0. The maximum atomic E-state index is 12.2. The largest absolute Gasteiger partial charge is 0.378 e. The molecule has 2 saturated heterocycles. The number of nitrogens with zero attached hydrogens (tertiary/aromatic N) is 4. The van der Waals surface area contributed by atoms with Gasteiger partial charge in [-0.25, -0.2) is 4.98 Å². The van der Waals surface area contributed by atoms with Crippen molar-refractivity contribution < 1.29 is 14.3 Å². The molecule has 106 valence electrons. The number of carbonyl (C=O) groups excluding carboxylic acids is 2. The highest BCUT2D eigenvalue weighted by Gasteiger charge is 2.38. The van der Waals surface area contributed by atoms with E-state index in [1.807, 2.05) is 4.90 Å². The van der Waals surface area contributed by atoms with Gasteiger partial charge in [0.15, 0.2) is 0 Å². The van der Waals surface area contributed by atoms with Crippen LogP contribution in [0.1, 0.15) is 10.5 Å². The summed E-state index contributed by atoms with van der Waals surface area (Å²) in [6, 6.07) is 0. The number of rotatable bonds is 2. The highest BCUT2D eigenvalue weighted by Crippen LogP contribution is 2.20. The predicted octanol–water partition coefficient (Wildman–Crippen LogP) is -0.593. The molecule has 2 aliphatic rings. The normalized spacial score (nSPS) is 19.6. The third-order valence-corrected chi connectivity index (χ3v) is 3.62. The van der Waals surface area contributed by atoms with E-state index in [4.69, 9.17) is 4.74 Å². The Kier molecular flexibility index (Phi) is 3.60. The van der Waals surface area contributed by atoms with Gasteiger partial charge in [0, 0.05) is 38.6 Å². The van der Waals surface area contributed by atoms with Crippen LogP contribution in [0.25, 0.3) is 0 Å². The summed E-state index contributed by atoms with van der Waals surface area (Å²) in [7, 11) is 0. The van der Waals surface area contributed by atoms with Crippen molar-refractivity contribution in [1.82, 2.24) is 19.8 Å². The Morgan fingerprint density at radius 1 is 1.15 bits per heavy atom. The van der Waals surface area contributed by atoms with E-state index in [1.54, 1.807) is 4.90 Å². The lowest BCUT2D eigenvalue weighted by molar-refractivity contribution is -0.143. The van der Waals surface area contributed by atoms with Crippen LogP contribution in [0.2, 0.25) is 0 Å². The minimum absolute atomic E-state index is 0.0891. The number of ether oxygens (including phenoxy) is 1. The Balaban J connectivity index is 1.53. The molecule has 0 radical (unpaired) electrons. The average Bonchev–Trinajstić information content (AvgIpc) is 2.47. The summed E-state index contributed by atoms with van der Waals surface area (Å²) < 4.78 is 5.22. The number of amides is 2. The van der Waals surface area contributed by atoms with E-state index in [-0.39, 0.29) is 17.7 Å². The average molecular weight is 276 g/mol. The molecule has 0 unspecified atom stereocenters. The van der Waals surface area contributed by atoms with Crippen LogP contribution in [0.15, 0.2) is 18.6 Å². The van der Waals surface area contributed by atoms with Gasteiger partial charge in [0.2, 0.25) is 5.91 Å². The number of hydrogen-bond donors (Lipinski definition) is 0. The molecule has 0 bridgehead atoms. The summed E-state index contributed by atoms with van der Waals surface area (Å²) in [4.78, 5) is 35.5. The Hall–Kier alpha value is -2.02. The van der Waals surface area contributed by atoms with Crippen molar-refractivity contribution in [3.8, 4) is 0 Å². The van der Waals surface area contributed by atoms with E-state index >= 15 is 0 Å². The lowest BCUT2D eigenvalue weighted by Crippen LogP contribution is -2.57. The number of hydrogen-bond acceptors (Lipinski definition) is 5. The number of carbonyl (C=O) groups is 2. The summed E-state index contributed by atoms with van der Waals surface area (Å²) in [6.07, 6.45) is 4.46. The molecule has 0 N–H and O–H groups in total. The third-order valence-electron chi connectivity index (χ3n) is 3.62. The predicted molar refractivity (Wildman–Crippen MR) is 68.8 cm³/mol. The fourth-order valence-corrected chi connectivity index (χ4v) is 2.41. The van der Waals surface area contributed by atoms with E-state index in [1.165, 1.54) is 18.6 Å². The fourth-order valence-electron chi connectivity index (χ4n) is 2.41. The molecule has 20 heavy (non-hydrogen) atoms. The van der Waals surface area contributed by atoms with E-state index in [0.29, 0.717) is 45.1 Å². The van der Waals surface area contributed by atoms with Crippen LogP contribution in [0.5, 0.6) is 0 Å². The van der Waals surface area contributed by atoms with E-state index in [0.717, 1.165) is 0 Å². The first-order valence-corrected chi connectivity index (χ1v) is 6.67. The topological polar surface area (TPSA) is 75.6 Å². The number of likely N-dealkylation sites (tertiary alicyclic amines) is 1. The lowest BCUT2D eigenvalue weighted by Gasteiger charge is -2.41. The van der Waals surface area contributed by atoms with Crippen LogP contribution in [-0.4, -0.2) is 71.0 Å². The second-order valence-electron chi connectivity index (χ2n) is 4.94. The van der Waals surface area contributed by atoms with Gasteiger partial charge >= 0.3 is 0 Å². The Bertz CT molecular complexity index is 496. The molecular formula is C13H16N4O3. The maximum absolute atomic E-state index is 12.2. The molecule has 7 nitrogen and oxygen atoms in total. The second-order valence-corrected chi connectivity index (χ2v) is 4.94. The van der Waals surface area contributed by atoms with E-state index < -0.39 is 0 Å². The number of aromatic nitrogens is 2. The van der Waals surface area contributed by atoms with E-state index in [9.17, 15) is 9.59 Å². The molecule has 2 amide bonds. The highest BCUT2D eigenvalue weighted by molar-refractivity contribution is 5.94. The lowest BCUT2D eigenvalue weighted by atomic mass is 9.97. The smallest absolute Gasteiger partial charge is 0.274 e. The number of morpholine rings is 1. The van der Waals surface area contributed by atoms with Crippen molar-refractivity contribution in [3.05, 3.63) is 24.3 Å². The van der Waals surface area contributed by atoms with Crippen molar-refractivity contribution in [2.45, 2.75) is 0 Å². The molecule has 0 aliphatic carbocycles. The minimum Gasteiger partial charge on any atom is -0.378 e. The second kappa shape index (κ2) is 5.54. The first-order valence-electron chi connectivity index (χ1n) is 6.67. The summed E-state index contributed by atoms with van der Waals surface area (Å²) >= 11 is 0. The first-order chi connectivity index (χ1) is 9.75. The quantitative estimate of drug-likeness (QED) is 0.721. The molecule has 1 aromatic rings. The van der Waals surface area contributed by atoms with Crippen LogP contribution in [0.4, 0.5) is 0 Å². The molecule has 2 fully saturated rings. The summed E-state index contributed by atoms with van der Waals surface area (Å²) in [6.45, 7) is 3.42. The van der Waals surface area contributed by atoms with Gasteiger partial charge in [-0.05, 0) is 0 Å². The fraction of sp³-hybridized carbons (Fsp3) is 0.538. The molecule has 2 aliphatic heterocycles. The van der Waals surface area contributed by atoms with Crippen molar-refractivity contribution in [1.29, 1.82) is 0 Å². The van der Waals surface area contributed by atoms with Gasteiger partial charge in [0.05, 0.1) is 25.3 Å². The Labute approximate surface area is 116 Å². The van der Waals surface area contributed by atoms with Crippen molar-refractivity contribution in [2.24, 2.45) is 5.92 Å². The van der Waals surface area contributed by atoms with Gasteiger partial charge in [-0.1, -0.05) is 0 Å². The van der Waals surface area contributed by atoms with Gasteiger partial charge in [-0.3, -0.25) is 14.6 Å². The van der Waals surface area contributed by atoms with Crippen molar-refractivity contribution in [3.63, 3.8) is 0 Å². The van der Waals surface area contributed by atoms with Gasteiger partial charge < -0.3 is 14.5 Å². The maximum Gasteiger partial charge on any atom is 0.274 e. The van der Waals surface area contributed by atoms with Crippen LogP contribution < -0.4 is 0 Å². The Morgan fingerprint density at radius 2 is 1.90 bits per heavy atom. The van der Waals surface area contributed by atoms with Gasteiger partial charge in [-0.2, -0.15) is 0 Å². The molecular weight excluding hydrogens is 260 g/mol. The van der Waals surface area contributed by atoms with Crippen LogP contribution in [0, 0.1) is 5.92 Å². The zero-order valence-electron chi connectivity index (χ0n) is 11.1. The van der Waals surface area contributed by atoms with Crippen LogP contribution in [0.3, 0.4) is 0 Å². The van der Waals surface area contributed by atoms with Crippen LogP contribution >= 0.6 is 0 Å². The minimum atomic E-state index is -0.163. The monoisotopic (exact) mass is 276 g/mol. The van der Waals surface area contributed by atoms with Gasteiger partial charge in [-0.15, -0.1) is 0 Å². The third kappa shape index (κ3) is 2.49. The molecule has 0 saturated carbocycles. The summed E-state index contributed by atoms with van der Waals surface area (Å²) in [5.74, 6) is -0.130. The van der Waals surface area contributed by atoms with Crippen LogP contribution in [-0.2, 0) is 9.53 Å². The van der Waals surface area contributed by atoms with Gasteiger partial charge in [0.1, 0.15) is 5.69 Å². The highest BCUT2D eigenvalue weighted by atomic mass is 16.5. The summed E-state index contributed by atoms with van der Waals surface area (Å²) in [5, 5.41) is 0. The SMILES string of the molecule is O=C(c1cnccn1)N1CC(C(=O)N2CCOCC2)C1. The zero-order chi connectivity index (χ0) is 13.9. The Morgan fingerprint density at radius 3 is 2.55 bits per heavy atom. The molecule has 1 aromatic heterocycles. The molecule has 3 heterocycles. The van der Waals surface area contributed by atoms with E-state index in [2.05, 4.69) is 9.97 Å². The molecule has 7 heteroatoms. The van der Waals surface area contributed by atoms with Crippen molar-refractivity contribution >= 4 is 11.8 Å². The van der Waals surface area contributed by atoms with Gasteiger partial charge in [0.25, 0.3) is 5.91 Å². The zero-order valence-corrected chi connectivity index (χ0v) is 11.1. The molecule has 0 spiro atoms. The standard InChI is InChI=1S/C13H16N4O3/c18-12(16-3-5-20-6-4-16)10-8-17(9-10)13(19)11-7-14-1-2-15-11/h1-2,7,10H,3-6,8-9H2. The molecule has 0 atom stereocenters. The molecule has 3 rings (SSSR count). The van der Waals surface area contributed by atoms with Crippen molar-refractivity contribution in [2.75, 3.05) is 39.4 Å². The summed E-state index contributed by atoms with van der Waals surface area (Å²) in [5.41, 5.74) is 0.324. The molecule has 0 aromatic carbocycles.